The number of anilines is 2. The lowest BCUT2D eigenvalue weighted by Crippen LogP contribution is -2.10. The molecule has 0 amide bonds. The zero-order valence-electron chi connectivity index (χ0n) is 10.3. The third-order valence-corrected chi connectivity index (χ3v) is 2.26. The molecule has 0 radical (unpaired) electrons. The molecule has 0 bridgehead atoms. The van der Waals surface area contributed by atoms with E-state index in [1.807, 2.05) is 0 Å². The Morgan fingerprint density at radius 1 is 1.17 bits per heavy atom. The van der Waals surface area contributed by atoms with Crippen molar-refractivity contribution in [2.45, 2.75) is 6.42 Å². The number of hydrogen-bond acceptors (Lipinski definition) is 4. The SMILES string of the molecule is COCCOCCCNc1c(F)cc(N)cc1F. The number of methoxy groups -OCH3 is 1. The minimum Gasteiger partial charge on any atom is -0.399 e. The summed E-state index contributed by atoms with van der Waals surface area (Å²) in [4.78, 5) is 0. The fourth-order valence-corrected chi connectivity index (χ4v) is 1.39. The molecule has 6 heteroatoms. The van der Waals surface area contributed by atoms with Crippen molar-refractivity contribution in [3.05, 3.63) is 23.8 Å². The van der Waals surface area contributed by atoms with Crippen LogP contribution in [0.1, 0.15) is 6.42 Å². The Morgan fingerprint density at radius 3 is 2.44 bits per heavy atom. The second-order valence-electron chi connectivity index (χ2n) is 3.75. The van der Waals surface area contributed by atoms with Crippen LogP contribution in [0.4, 0.5) is 20.2 Å². The average molecular weight is 260 g/mol. The molecule has 4 nitrogen and oxygen atoms in total. The Bertz CT molecular complexity index is 352. The first kappa shape index (κ1) is 14.7. The van der Waals surface area contributed by atoms with Gasteiger partial charge in [-0.1, -0.05) is 0 Å². The lowest BCUT2D eigenvalue weighted by molar-refractivity contribution is 0.0705. The summed E-state index contributed by atoms with van der Waals surface area (Å²) in [5.74, 6) is -1.37. The summed E-state index contributed by atoms with van der Waals surface area (Å²) in [6.45, 7) is 1.98. The van der Waals surface area contributed by atoms with E-state index in [1.54, 1.807) is 7.11 Å². The molecule has 0 aliphatic carbocycles. The maximum atomic E-state index is 13.4. The van der Waals surface area contributed by atoms with Crippen LogP contribution in [0.5, 0.6) is 0 Å². The standard InChI is InChI=1S/C12H18F2N2O2/c1-17-5-6-18-4-2-3-16-12-10(13)7-9(15)8-11(12)14/h7-8,16H,2-6,15H2,1H3. The second-order valence-corrected chi connectivity index (χ2v) is 3.75. The summed E-state index contributed by atoms with van der Waals surface area (Å²) in [5.41, 5.74) is 5.23. The van der Waals surface area contributed by atoms with Gasteiger partial charge in [0.2, 0.25) is 0 Å². The molecule has 0 unspecified atom stereocenters. The number of nitrogens with two attached hydrogens (primary N) is 1. The summed E-state index contributed by atoms with van der Waals surface area (Å²) in [7, 11) is 1.59. The zero-order valence-corrected chi connectivity index (χ0v) is 10.3. The zero-order chi connectivity index (χ0) is 13.4. The normalized spacial score (nSPS) is 10.6. The van der Waals surface area contributed by atoms with Crippen LogP contribution >= 0.6 is 0 Å². The molecule has 0 saturated carbocycles. The van der Waals surface area contributed by atoms with E-state index in [0.717, 1.165) is 12.1 Å². The maximum Gasteiger partial charge on any atom is 0.151 e. The van der Waals surface area contributed by atoms with Gasteiger partial charge in [0.15, 0.2) is 11.6 Å². The first-order valence-corrected chi connectivity index (χ1v) is 5.70. The molecule has 0 aromatic heterocycles. The molecule has 0 atom stereocenters. The number of hydrogen-bond donors (Lipinski definition) is 2. The van der Waals surface area contributed by atoms with Crippen LogP contribution in [-0.4, -0.2) is 33.5 Å². The summed E-state index contributed by atoms with van der Waals surface area (Å²) in [6.07, 6.45) is 0.646. The maximum absolute atomic E-state index is 13.4. The van der Waals surface area contributed by atoms with Crippen molar-refractivity contribution < 1.29 is 18.3 Å². The highest BCUT2D eigenvalue weighted by Gasteiger charge is 2.09. The summed E-state index contributed by atoms with van der Waals surface area (Å²) in [6, 6.07) is 2.17. The third kappa shape index (κ3) is 4.85. The van der Waals surface area contributed by atoms with Gasteiger partial charge >= 0.3 is 0 Å². The lowest BCUT2D eigenvalue weighted by atomic mass is 10.2. The molecule has 18 heavy (non-hydrogen) atoms. The van der Waals surface area contributed by atoms with E-state index >= 15 is 0 Å². The predicted octanol–water partition coefficient (Wildman–Crippen LogP) is 2.01. The smallest absolute Gasteiger partial charge is 0.151 e. The van der Waals surface area contributed by atoms with Gasteiger partial charge in [0.1, 0.15) is 5.69 Å². The van der Waals surface area contributed by atoms with Gasteiger partial charge in [0.05, 0.1) is 13.2 Å². The van der Waals surface area contributed by atoms with Gasteiger partial charge in [-0.2, -0.15) is 0 Å². The second kappa shape index (κ2) is 7.84. The van der Waals surface area contributed by atoms with Gasteiger partial charge in [-0.3, -0.25) is 0 Å². The van der Waals surface area contributed by atoms with Gasteiger partial charge < -0.3 is 20.5 Å². The summed E-state index contributed by atoms with van der Waals surface area (Å²) < 4.78 is 36.7. The first-order valence-electron chi connectivity index (χ1n) is 5.70. The van der Waals surface area contributed by atoms with Crippen LogP contribution in [0.25, 0.3) is 0 Å². The highest BCUT2D eigenvalue weighted by atomic mass is 19.1. The van der Waals surface area contributed by atoms with Crippen LogP contribution in [0.15, 0.2) is 12.1 Å². The van der Waals surface area contributed by atoms with E-state index in [-0.39, 0.29) is 11.4 Å². The molecular weight excluding hydrogens is 242 g/mol. The molecule has 0 spiro atoms. The third-order valence-electron chi connectivity index (χ3n) is 2.26. The molecule has 0 heterocycles. The van der Waals surface area contributed by atoms with E-state index in [2.05, 4.69) is 5.32 Å². The minimum atomic E-state index is -0.687. The van der Waals surface area contributed by atoms with Crippen LogP contribution in [0.2, 0.25) is 0 Å². The molecule has 1 rings (SSSR count). The first-order chi connectivity index (χ1) is 8.65. The van der Waals surface area contributed by atoms with Crippen LogP contribution in [0.3, 0.4) is 0 Å². The van der Waals surface area contributed by atoms with Crippen molar-refractivity contribution in [1.82, 2.24) is 0 Å². The van der Waals surface area contributed by atoms with E-state index in [1.165, 1.54) is 0 Å². The highest BCUT2D eigenvalue weighted by molar-refractivity contribution is 5.53. The van der Waals surface area contributed by atoms with Crippen molar-refractivity contribution in [3.8, 4) is 0 Å². The van der Waals surface area contributed by atoms with Crippen LogP contribution in [0, 0.1) is 11.6 Å². The van der Waals surface area contributed by atoms with Crippen molar-refractivity contribution in [2.75, 3.05) is 44.5 Å². The average Bonchev–Trinajstić information content (AvgIpc) is 2.30. The Labute approximate surface area is 105 Å². The molecule has 0 aliphatic rings. The van der Waals surface area contributed by atoms with Crippen LogP contribution in [-0.2, 0) is 9.47 Å². The minimum absolute atomic E-state index is 0.0680. The Hall–Kier alpha value is -1.40. The van der Waals surface area contributed by atoms with Crippen molar-refractivity contribution in [2.24, 2.45) is 0 Å². The van der Waals surface area contributed by atoms with Gasteiger partial charge in [-0.15, -0.1) is 0 Å². The molecule has 1 aromatic rings. The Morgan fingerprint density at radius 2 is 1.83 bits per heavy atom. The molecule has 0 aliphatic heterocycles. The fourth-order valence-electron chi connectivity index (χ4n) is 1.39. The quantitative estimate of drug-likeness (QED) is 0.554. The van der Waals surface area contributed by atoms with Gasteiger partial charge in [0, 0.05) is 25.9 Å². The van der Waals surface area contributed by atoms with Crippen molar-refractivity contribution in [3.63, 3.8) is 0 Å². The van der Waals surface area contributed by atoms with Crippen molar-refractivity contribution in [1.29, 1.82) is 0 Å². The molecule has 3 N–H and O–H groups in total. The van der Waals surface area contributed by atoms with Crippen LogP contribution < -0.4 is 11.1 Å². The van der Waals surface area contributed by atoms with E-state index in [0.29, 0.717) is 32.8 Å². The monoisotopic (exact) mass is 260 g/mol. The predicted molar refractivity (Wildman–Crippen MR) is 66.6 cm³/mol. The van der Waals surface area contributed by atoms with Gasteiger partial charge in [-0.05, 0) is 18.6 Å². The Balaban J connectivity index is 2.27. The number of halogens is 2. The number of ether oxygens (including phenoxy) is 2. The highest BCUT2D eigenvalue weighted by Crippen LogP contribution is 2.21. The molecular formula is C12H18F2N2O2. The topological polar surface area (TPSA) is 56.5 Å². The summed E-state index contributed by atoms with van der Waals surface area (Å²) >= 11 is 0. The molecule has 0 saturated heterocycles. The number of benzene rings is 1. The van der Waals surface area contributed by atoms with Gasteiger partial charge in [0.25, 0.3) is 0 Å². The number of nitrogens with one attached hydrogen (secondary N) is 1. The molecule has 1 aromatic carbocycles. The molecule has 0 fully saturated rings. The number of nitrogen functional groups attached to an aromatic ring is 1. The van der Waals surface area contributed by atoms with Gasteiger partial charge in [-0.25, -0.2) is 8.78 Å². The summed E-state index contributed by atoms with van der Waals surface area (Å²) in [5, 5.41) is 2.68. The largest absolute Gasteiger partial charge is 0.399 e. The van der Waals surface area contributed by atoms with E-state index < -0.39 is 11.6 Å². The molecule has 102 valence electrons. The van der Waals surface area contributed by atoms with E-state index in [9.17, 15) is 8.78 Å². The van der Waals surface area contributed by atoms with Crippen molar-refractivity contribution >= 4 is 11.4 Å². The number of rotatable bonds is 8. The lowest BCUT2D eigenvalue weighted by Gasteiger charge is -2.09. The Kier molecular flexibility index (Phi) is 6.38. The van der Waals surface area contributed by atoms with E-state index in [4.69, 9.17) is 15.2 Å². The fraction of sp³-hybridized carbons (Fsp3) is 0.500.